The molecule has 1 aliphatic rings. The first-order chi connectivity index (χ1) is 9.03. The Balaban J connectivity index is 2.16. The first-order valence-corrected chi connectivity index (χ1v) is 7.12. The zero-order valence-electron chi connectivity index (χ0n) is 12.6. The van der Waals surface area contributed by atoms with Gasteiger partial charge in [-0.15, -0.1) is 0 Å². The van der Waals surface area contributed by atoms with Crippen LogP contribution in [0.25, 0.3) is 0 Å². The molecule has 0 bridgehead atoms. The van der Waals surface area contributed by atoms with Crippen LogP contribution in [0.1, 0.15) is 25.0 Å². The normalized spacial score (nSPS) is 17.5. The van der Waals surface area contributed by atoms with Crippen LogP contribution in [-0.4, -0.2) is 43.7 Å². The van der Waals surface area contributed by atoms with Gasteiger partial charge < -0.3 is 10.1 Å². The number of methoxy groups -OCH3 is 1. The van der Waals surface area contributed by atoms with Crippen molar-refractivity contribution in [3.8, 4) is 5.75 Å². The predicted molar refractivity (Wildman–Crippen MR) is 80.0 cm³/mol. The Morgan fingerprint density at radius 3 is 2.58 bits per heavy atom. The van der Waals surface area contributed by atoms with Crippen LogP contribution in [-0.2, 0) is 6.42 Å². The topological polar surface area (TPSA) is 24.5 Å². The molecule has 19 heavy (non-hydrogen) atoms. The largest absolute Gasteiger partial charge is 0.496 e. The van der Waals surface area contributed by atoms with Crippen molar-refractivity contribution in [3.63, 3.8) is 0 Å². The first-order valence-electron chi connectivity index (χ1n) is 7.12. The van der Waals surface area contributed by atoms with E-state index in [-0.39, 0.29) is 5.54 Å². The number of nitrogens with one attached hydrogen (secondary N) is 1. The number of hydrogen-bond donors (Lipinski definition) is 1. The van der Waals surface area contributed by atoms with Gasteiger partial charge in [-0.3, -0.25) is 4.90 Å². The second-order valence-electron chi connectivity index (χ2n) is 6.04. The van der Waals surface area contributed by atoms with Gasteiger partial charge in [-0.1, -0.05) is 17.7 Å². The third kappa shape index (κ3) is 3.48. The maximum atomic E-state index is 5.50. The molecular weight excluding hydrogens is 236 g/mol. The van der Waals surface area contributed by atoms with E-state index < -0.39 is 0 Å². The molecule has 0 amide bonds. The number of nitrogens with zero attached hydrogens (tertiary/aromatic N) is 1. The summed E-state index contributed by atoms with van der Waals surface area (Å²) in [6, 6.07) is 6.45. The van der Waals surface area contributed by atoms with Crippen molar-refractivity contribution >= 4 is 0 Å². The second-order valence-corrected chi connectivity index (χ2v) is 6.04. The van der Waals surface area contributed by atoms with E-state index in [1.807, 2.05) is 0 Å². The second kappa shape index (κ2) is 5.93. The maximum Gasteiger partial charge on any atom is 0.122 e. The summed E-state index contributed by atoms with van der Waals surface area (Å²) >= 11 is 0. The lowest BCUT2D eigenvalue weighted by molar-refractivity contribution is 0.103. The highest BCUT2D eigenvalue weighted by Gasteiger charge is 2.28. The van der Waals surface area contributed by atoms with Crippen LogP contribution in [0.15, 0.2) is 18.2 Å². The third-order valence-electron chi connectivity index (χ3n) is 4.03. The van der Waals surface area contributed by atoms with Gasteiger partial charge in [-0.05, 0) is 38.8 Å². The van der Waals surface area contributed by atoms with Crippen molar-refractivity contribution in [3.05, 3.63) is 29.3 Å². The van der Waals surface area contributed by atoms with Crippen molar-refractivity contribution in [1.29, 1.82) is 0 Å². The van der Waals surface area contributed by atoms with Gasteiger partial charge in [0.25, 0.3) is 0 Å². The van der Waals surface area contributed by atoms with Gasteiger partial charge in [-0.2, -0.15) is 0 Å². The first kappa shape index (κ1) is 14.4. The molecule has 1 aromatic rings. The Hall–Kier alpha value is -1.06. The number of aryl methyl sites for hydroxylation is 1. The third-order valence-corrected chi connectivity index (χ3v) is 4.03. The summed E-state index contributed by atoms with van der Waals surface area (Å²) in [5.41, 5.74) is 2.78. The number of benzene rings is 1. The molecule has 2 rings (SSSR count). The van der Waals surface area contributed by atoms with Gasteiger partial charge in [-0.25, -0.2) is 0 Å². The lowest BCUT2D eigenvalue weighted by Gasteiger charge is -2.41. The summed E-state index contributed by atoms with van der Waals surface area (Å²) in [5, 5.41) is 3.42. The molecule has 1 saturated heterocycles. The molecule has 0 aliphatic carbocycles. The summed E-state index contributed by atoms with van der Waals surface area (Å²) in [6.45, 7) is 11.2. The van der Waals surface area contributed by atoms with E-state index >= 15 is 0 Å². The molecular formula is C16H26N2O. The molecule has 1 N–H and O–H groups in total. The lowest BCUT2D eigenvalue weighted by atomic mass is 9.91. The minimum absolute atomic E-state index is 0.170. The average molecular weight is 262 g/mol. The zero-order chi connectivity index (χ0) is 13.9. The van der Waals surface area contributed by atoms with E-state index in [0.29, 0.717) is 0 Å². The van der Waals surface area contributed by atoms with Crippen molar-refractivity contribution in [2.45, 2.75) is 32.7 Å². The standard InChI is InChI=1S/C16H26N2O/c1-13-5-6-15(19-4)14(11-13)12-16(2,3)18-9-7-17-8-10-18/h5-6,11,17H,7-10,12H2,1-4H3. The van der Waals surface area contributed by atoms with Crippen molar-refractivity contribution in [2.75, 3.05) is 33.3 Å². The Morgan fingerprint density at radius 1 is 1.26 bits per heavy atom. The van der Waals surface area contributed by atoms with E-state index in [1.165, 1.54) is 11.1 Å². The van der Waals surface area contributed by atoms with Gasteiger partial charge in [0.1, 0.15) is 5.75 Å². The molecule has 3 nitrogen and oxygen atoms in total. The van der Waals surface area contributed by atoms with Gasteiger partial charge in [0, 0.05) is 31.7 Å². The number of rotatable bonds is 4. The highest BCUT2D eigenvalue weighted by atomic mass is 16.5. The van der Waals surface area contributed by atoms with Crippen LogP contribution < -0.4 is 10.1 Å². The van der Waals surface area contributed by atoms with Crippen LogP contribution >= 0.6 is 0 Å². The summed E-state index contributed by atoms with van der Waals surface area (Å²) in [4.78, 5) is 2.57. The maximum absolute atomic E-state index is 5.50. The van der Waals surface area contributed by atoms with Crippen LogP contribution in [0.5, 0.6) is 5.75 Å². The van der Waals surface area contributed by atoms with Gasteiger partial charge >= 0.3 is 0 Å². The smallest absolute Gasteiger partial charge is 0.122 e. The van der Waals surface area contributed by atoms with Crippen LogP contribution in [0.2, 0.25) is 0 Å². The van der Waals surface area contributed by atoms with Crippen LogP contribution in [0.4, 0.5) is 0 Å². The fourth-order valence-electron chi connectivity index (χ4n) is 2.89. The minimum Gasteiger partial charge on any atom is -0.496 e. The van der Waals surface area contributed by atoms with Crippen LogP contribution in [0.3, 0.4) is 0 Å². The number of ether oxygens (including phenoxy) is 1. The fourth-order valence-corrected chi connectivity index (χ4v) is 2.89. The van der Waals surface area contributed by atoms with Crippen molar-refractivity contribution in [2.24, 2.45) is 0 Å². The average Bonchev–Trinajstić information content (AvgIpc) is 2.39. The molecule has 106 valence electrons. The summed E-state index contributed by atoms with van der Waals surface area (Å²) < 4.78 is 5.50. The number of piperazine rings is 1. The molecule has 3 heteroatoms. The van der Waals surface area contributed by atoms with E-state index in [9.17, 15) is 0 Å². The van der Waals surface area contributed by atoms with E-state index in [4.69, 9.17) is 4.74 Å². The molecule has 0 spiro atoms. The molecule has 0 unspecified atom stereocenters. The Labute approximate surface area is 116 Å². The molecule has 0 radical (unpaired) electrons. The van der Waals surface area contributed by atoms with E-state index in [1.54, 1.807) is 7.11 Å². The highest BCUT2D eigenvalue weighted by Crippen LogP contribution is 2.27. The van der Waals surface area contributed by atoms with E-state index in [2.05, 4.69) is 49.2 Å². The van der Waals surface area contributed by atoms with Gasteiger partial charge in [0.05, 0.1) is 7.11 Å². The molecule has 0 atom stereocenters. The van der Waals surface area contributed by atoms with Crippen molar-refractivity contribution in [1.82, 2.24) is 10.2 Å². The zero-order valence-corrected chi connectivity index (χ0v) is 12.6. The fraction of sp³-hybridized carbons (Fsp3) is 0.625. The molecule has 0 saturated carbocycles. The highest BCUT2D eigenvalue weighted by molar-refractivity contribution is 5.38. The molecule has 1 fully saturated rings. The summed E-state index contributed by atoms with van der Waals surface area (Å²) in [7, 11) is 1.76. The number of hydrogen-bond acceptors (Lipinski definition) is 3. The lowest BCUT2D eigenvalue weighted by Crippen LogP contribution is -2.54. The molecule has 1 aliphatic heterocycles. The Morgan fingerprint density at radius 2 is 1.95 bits per heavy atom. The molecule has 1 heterocycles. The quantitative estimate of drug-likeness (QED) is 0.900. The van der Waals surface area contributed by atoms with Gasteiger partial charge in [0.2, 0.25) is 0 Å². The summed E-state index contributed by atoms with van der Waals surface area (Å²) in [6.07, 6.45) is 1.03. The molecule has 1 aromatic carbocycles. The molecule has 0 aromatic heterocycles. The Bertz CT molecular complexity index is 423. The predicted octanol–water partition coefficient (Wildman–Crippen LogP) is 2.23. The summed E-state index contributed by atoms with van der Waals surface area (Å²) in [5.74, 6) is 1.01. The van der Waals surface area contributed by atoms with Crippen LogP contribution in [0, 0.1) is 6.92 Å². The van der Waals surface area contributed by atoms with Gasteiger partial charge in [0.15, 0.2) is 0 Å². The van der Waals surface area contributed by atoms with Crippen molar-refractivity contribution < 1.29 is 4.74 Å². The minimum atomic E-state index is 0.170. The Kier molecular flexibility index (Phi) is 4.48. The monoisotopic (exact) mass is 262 g/mol. The van der Waals surface area contributed by atoms with E-state index in [0.717, 1.165) is 38.3 Å². The SMILES string of the molecule is COc1ccc(C)cc1CC(C)(C)N1CCNCC1.